The molecular formula is C12H19N. The smallest absolute Gasteiger partial charge is 0.00266 e. The van der Waals surface area contributed by atoms with E-state index in [0.29, 0.717) is 0 Å². The van der Waals surface area contributed by atoms with E-state index in [2.05, 4.69) is 25.2 Å². The standard InChI is InChI=1S/C12H19N/c1-3-5-7-8-10-12(11-13)9-6-4-2/h3,5-9,11H,4,10,13H2,1-2H3/b5-3-,8-7-,9-6-,12-11+. The number of hydrogen-bond donors (Lipinski definition) is 1. The molecule has 0 heterocycles. The lowest BCUT2D eigenvalue weighted by molar-refractivity contribution is 1.19. The van der Waals surface area contributed by atoms with Crippen molar-refractivity contribution >= 4 is 0 Å². The summed E-state index contributed by atoms with van der Waals surface area (Å²) in [7, 11) is 0. The second kappa shape index (κ2) is 8.85. The molecule has 2 N–H and O–H groups in total. The second-order valence-electron chi connectivity index (χ2n) is 2.71. The topological polar surface area (TPSA) is 26.0 Å². The molecule has 0 radical (unpaired) electrons. The van der Waals surface area contributed by atoms with Crippen LogP contribution in [0.1, 0.15) is 26.7 Å². The fourth-order valence-electron chi connectivity index (χ4n) is 0.855. The Morgan fingerprint density at radius 2 is 2.00 bits per heavy atom. The molecule has 0 unspecified atom stereocenters. The van der Waals surface area contributed by atoms with Crippen LogP contribution in [-0.4, -0.2) is 0 Å². The first-order valence-corrected chi connectivity index (χ1v) is 4.70. The van der Waals surface area contributed by atoms with Crippen LogP contribution >= 0.6 is 0 Å². The summed E-state index contributed by atoms with van der Waals surface area (Å²) in [4.78, 5) is 0. The van der Waals surface area contributed by atoms with Crippen molar-refractivity contribution < 1.29 is 0 Å². The van der Waals surface area contributed by atoms with Crippen LogP contribution in [0.2, 0.25) is 0 Å². The third-order valence-electron chi connectivity index (χ3n) is 1.57. The highest BCUT2D eigenvalue weighted by molar-refractivity contribution is 5.21. The fraction of sp³-hybridized carbons (Fsp3) is 0.333. The van der Waals surface area contributed by atoms with Crippen molar-refractivity contribution in [3.8, 4) is 0 Å². The van der Waals surface area contributed by atoms with Gasteiger partial charge in [-0.15, -0.1) is 0 Å². The SMILES string of the molecule is C/C=C\C=C/CC(/C=C\CC)=C/N. The van der Waals surface area contributed by atoms with Crippen molar-refractivity contribution in [2.75, 3.05) is 0 Å². The normalized spacial score (nSPS) is 13.8. The molecule has 13 heavy (non-hydrogen) atoms. The minimum atomic E-state index is 0.900. The Kier molecular flexibility index (Phi) is 8.01. The van der Waals surface area contributed by atoms with E-state index in [1.165, 1.54) is 0 Å². The predicted octanol–water partition coefficient (Wildman–Crippen LogP) is 3.32. The zero-order valence-corrected chi connectivity index (χ0v) is 8.53. The Balaban J connectivity index is 3.93. The molecule has 0 bridgehead atoms. The monoisotopic (exact) mass is 177 g/mol. The molecule has 0 saturated carbocycles. The van der Waals surface area contributed by atoms with Crippen LogP contribution in [0.25, 0.3) is 0 Å². The van der Waals surface area contributed by atoms with Gasteiger partial charge in [0, 0.05) is 0 Å². The maximum atomic E-state index is 5.46. The van der Waals surface area contributed by atoms with Crippen LogP contribution < -0.4 is 5.73 Å². The van der Waals surface area contributed by atoms with E-state index in [9.17, 15) is 0 Å². The lowest BCUT2D eigenvalue weighted by Gasteiger charge is -1.93. The highest BCUT2D eigenvalue weighted by Gasteiger charge is 1.85. The third kappa shape index (κ3) is 7.13. The number of hydrogen-bond acceptors (Lipinski definition) is 1. The van der Waals surface area contributed by atoms with Gasteiger partial charge in [-0.05, 0) is 31.5 Å². The summed E-state index contributed by atoms with van der Waals surface area (Å²) < 4.78 is 0. The van der Waals surface area contributed by atoms with Crippen molar-refractivity contribution in [1.29, 1.82) is 0 Å². The van der Waals surface area contributed by atoms with Crippen LogP contribution in [0, 0.1) is 0 Å². The van der Waals surface area contributed by atoms with E-state index in [1.807, 2.05) is 25.2 Å². The van der Waals surface area contributed by atoms with E-state index < -0.39 is 0 Å². The second-order valence-corrected chi connectivity index (χ2v) is 2.71. The first kappa shape index (κ1) is 11.8. The first-order valence-electron chi connectivity index (χ1n) is 4.70. The Morgan fingerprint density at radius 1 is 1.23 bits per heavy atom. The zero-order valence-electron chi connectivity index (χ0n) is 8.53. The molecular weight excluding hydrogens is 158 g/mol. The summed E-state index contributed by atoms with van der Waals surface area (Å²) in [6.07, 6.45) is 15.9. The van der Waals surface area contributed by atoms with Crippen LogP contribution in [0.4, 0.5) is 0 Å². The fourth-order valence-corrected chi connectivity index (χ4v) is 0.855. The molecule has 1 heteroatoms. The van der Waals surface area contributed by atoms with Gasteiger partial charge in [0.15, 0.2) is 0 Å². The number of nitrogens with two attached hydrogens (primary N) is 1. The Hall–Kier alpha value is -1.24. The molecule has 0 rings (SSSR count). The molecule has 0 fully saturated rings. The lowest BCUT2D eigenvalue weighted by Crippen LogP contribution is -1.84. The molecule has 72 valence electrons. The molecule has 0 aliphatic rings. The summed E-state index contributed by atoms with van der Waals surface area (Å²) in [6, 6.07) is 0. The Bertz CT molecular complexity index is 219. The van der Waals surface area contributed by atoms with E-state index in [-0.39, 0.29) is 0 Å². The van der Waals surface area contributed by atoms with Gasteiger partial charge < -0.3 is 5.73 Å². The first-order chi connectivity index (χ1) is 6.35. The Labute approximate surface area is 81.3 Å². The minimum Gasteiger partial charge on any atom is -0.404 e. The highest BCUT2D eigenvalue weighted by Crippen LogP contribution is 2.03. The van der Waals surface area contributed by atoms with Crippen molar-refractivity contribution in [2.24, 2.45) is 5.73 Å². The Morgan fingerprint density at radius 3 is 2.54 bits per heavy atom. The van der Waals surface area contributed by atoms with Gasteiger partial charge in [0.05, 0.1) is 0 Å². The largest absolute Gasteiger partial charge is 0.404 e. The summed E-state index contributed by atoms with van der Waals surface area (Å²) in [6.45, 7) is 4.11. The van der Waals surface area contributed by atoms with E-state index in [1.54, 1.807) is 6.20 Å². The molecule has 0 atom stereocenters. The quantitative estimate of drug-likeness (QED) is 0.640. The third-order valence-corrected chi connectivity index (χ3v) is 1.57. The van der Waals surface area contributed by atoms with Crippen LogP contribution in [-0.2, 0) is 0 Å². The summed E-state index contributed by atoms with van der Waals surface area (Å²) >= 11 is 0. The van der Waals surface area contributed by atoms with Gasteiger partial charge in [0.1, 0.15) is 0 Å². The molecule has 1 nitrogen and oxygen atoms in total. The number of rotatable bonds is 5. The van der Waals surface area contributed by atoms with Gasteiger partial charge >= 0.3 is 0 Å². The van der Waals surface area contributed by atoms with Crippen LogP contribution in [0.15, 0.2) is 48.2 Å². The number of allylic oxidation sites excluding steroid dienone is 7. The van der Waals surface area contributed by atoms with Gasteiger partial charge in [-0.1, -0.05) is 43.4 Å². The summed E-state index contributed by atoms with van der Waals surface area (Å²) in [5, 5.41) is 0. The maximum absolute atomic E-state index is 5.46. The van der Waals surface area contributed by atoms with Crippen LogP contribution in [0.3, 0.4) is 0 Å². The molecule has 0 saturated heterocycles. The van der Waals surface area contributed by atoms with Gasteiger partial charge in [0.25, 0.3) is 0 Å². The molecule has 0 aliphatic heterocycles. The predicted molar refractivity (Wildman–Crippen MR) is 60.3 cm³/mol. The van der Waals surface area contributed by atoms with E-state index in [4.69, 9.17) is 5.73 Å². The van der Waals surface area contributed by atoms with Crippen molar-refractivity contribution in [2.45, 2.75) is 26.7 Å². The lowest BCUT2D eigenvalue weighted by atomic mass is 10.1. The zero-order chi connectivity index (χ0) is 9.94. The van der Waals surface area contributed by atoms with E-state index in [0.717, 1.165) is 18.4 Å². The highest BCUT2D eigenvalue weighted by atomic mass is 14.5. The summed E-state index contributed by atoms with van der Waals surface area (Å²) in [5.41, 5.74) is 6.62. The van der Waals surface area contributed by atoms with E-state index >= 15 is 0 Å². The van der Waals surface area contributed by atoms with Gasteiger partial charge in [-0.3, -0.25) is 0 Å². The van der Waals surface area contributed by atoms with Crippen molar-refractivity contribution in [1.82, 2.24) is 0 Å². The molecule has 0 amide bonds. The molecule has 0 aromatic carbocycles. The van der Waals surface area contributed by atoms with Crippen LogP contribution in [0.5, 0.6) is 0 Å². The van der Waals surface area contributed by atoms with Gasteiger partial charge in [-0.2, -0.15) is 0 Å². The summed E-state index contributed by atoms with van der Waals surface area (Å²) in [5.74, 6) is 0. The van der Waals surface area contributed by atoms with Gasteiger partial charge in [-0.25, -0.2) is 0 Å². The maximum Gasteiger partial charge on any atom is -0.00266 e. The average molecular weight is 177 g/mol. The molecule has 0 aliphatic carbocycles. The molecule has 0 aromatic rings. The van der Waals surface area contributed by atoms with Gasteiger partial charge in [0.2, 0.25) is 0 Å². The molecule has 0 spiro atoms. The minimum absolute atomic E-state index is 0.900. The van der Waals surface area contributed by atoms with Crippen molar-refractivity contribution in [3.05, 3.63) is 48.2 Å². The van der Waals surface area contributed by atoms with Crippen molar-refractivity contribution in [3.63, 3.8) is 0 Å². The molecule has 0 aromatic heterocycles. The average Bonchev–Trinajstić information content (AvgIpc) is 2.17.